The van der Waals surface area contributed by atoms with Crippen LogP contribution in [0.4, 0.5) is 0 Å². The van der Waals surface area contributed by atoms with Gasteiger partial charge in [-0.25, -0.2) is 0 Å². The van der Waals surface area contributed by atoms with Crippen LogP contribution in [0.25, 0.3) is 0 Å². The van der Waals surface area contributed by atoms with Crippen LogP contribution in [-0.2, 0) is 12.8 Å². The zero-order chi connectivity index (χ0) is 9.26. The van der Waals surface area contributed by atoms with Crippen molar-refractivity contribution >= 4 is 36.5 Å². The summed E-state index contributed by atoms with van der Waals surface area (Å²) in [5, 5.41) is 18.0. The molecule has 0 fully saturated rings. The van der Waals surface area contributed by atoms with E-state index in [0.29, 0.717) is 0 Å². The number of fused-ring (bicyclic) bond motifs is 1. The van der Waals surface area contributed by atoms with E-state index in [4.69, 9.17) is 10.0 Å². The van der Waals surface area contributed by atoms with E-state index < -0.39 is 0 Å². The zero-order valence-corrected chi connectivity index (χ0v) is 8.10. The van der Waals surface area contributed by atoms with Crippen molar-refractivity contribution in [3.8, 4) is 0 Å². The molecule has 1 aliphatic carbocycles. The van der Waals surface area contributed by atoms with Crippen LogP contribution in [-0.4, -0.2) is 25.0 Å². The molecule has 13 heavy (non-hydrogen) atoms. The second-order valence-electron chi connectivity index (χ2n) is 3.25. The normalized spacial score (nSPS) is 15.2. The topological polar surface area (TPSA) is 40.5 Å². The van der Waals surface area contributed by atoms with Crippen LogP contribution in [0.2, 0.25) is 0 Å². The smallest absolute Gasteiger partial charge is 0.337 e. The Bertz CT molecular complexity index is 301. The minimum absolute atomic E-state index is 0.786. The quantitative estimate of drug-likeness (QED) is 0.596. The fourth-order valence-corrected chi connectivity index (χ4v) is 3.03. The molecule has 0 atom stereocenters. The Morgan fingerprint density at radius 2 is 1.85 bits per heavy atom. The van der Waals surface area contributed by atoms with Gasteiger partial charge in [0, 0.05) is 4.88 Å². The Kier molecular flexibility index (Phi) is 2.77. The van der Waals surface area contributed by atoms with Gasteiger partial charge in [0.2, 0.25) is 0 Å². The molecule has 2 radical (unpaired) electrons. The number of aryl methyl sites for hydroxylation is 1. The molecular weight excluding hydrogens is 182 g/mol. The summed E-state index contributed by atoms with van der Waals surface area (Å²) in [6.07, 6.45) is 4.54. The molecule has 0 bridgehead atoms. The monoisotopic (exact) mass is 192 g/mol. The fraction of sp³-hybridized carbons (Fsp3) is 0.500. The second kappa shape index (κ2) is 3.86. The SMILES string of the molecule is O[B]c1sc2c(c1[B]O)CCCC2. The molecule has 0 saturated carbocycles. The lowest BCUT2D eigenvalue weighted by molar-refractivity contribution is 0.611. The van der Waals surface area contributed by atoms with Gasteiger partial charge in [-0.05, 0) is 41.5 Å². The molecule has 0 spiro atoms. The van der Waals surface area contributed by atoms with Crippen LogP contribution < -0.4 is 10.2 Å². The predicted molar refractivity (Wildman–Crippen MR) is 56.2 cm³/mol. The highest BCUT2D eigenvalue weighted by molar-refractivity contribution is 7.22. The van der Waals surface area contributed by atoms with Crippen molar-refractivity contribution in [1.29, 1.82) is 0 Å². The molecule has 5 heteroatoms. The van der Waals surface area contributed by atoms with Gasteiger partial charge in [0.15, 0.2) is 0 Å². The molecule has 1 aliphatic rings. The average molecular weight is 192 g/mol. The third-order valence-corrected chi connectivity index (χ3v) is 3.73. The molecule has 0 amide bonds. The van der Waals surface area contributed by atoms with E-state index in [-0.39, 0.29) is 0 Å². The summed E-state index contributed by atoms with van der Waals surface area (Å²) in [7, 11) is 2.20. The summed E-state index contributed by atoms with van der Waals surface area (Å²) in [6.45, 7) is 0. The van der Waals surface area contributed by atoms with E-state index >= 15 is 0 Å². The van der Waals surface area contributed by atoms with Crippen molar-refractivity contribution in [3.05, 3.63) is 10.4 Å². The molecule has 2 N–H and O–H groups in total. The molecule has 66 valence electrons. The highest BCUT2D eigenvalue weighted by atomic mass is 32.1. The van der Waals surface area contributed by atoms with Crippen molar-refractivity contribution in [2.45, 2.75) is 25.7 Å². The predicted octanol–water partition coefficient (Wildman–Crippen LogP) is -0.900. The van der Waals surface area contributed by atoms with Crippen LogP contribution in [0.15, 0.2) is 0 Å². The van der Waals surface area contributed by atoms with Gasteiger partial charge in [0.25, 0.3) is 0 Å². The highest BCUT2D eigenvalue weighted by Gasteiger charge is 2.20. The lowest BCUT2D eigenvalue weighted by atomic mass is 9.75. The Morgan fingerprint density at radius 1 is 1.08 bits per heavy atom. The van der Waals surface area contributed by atoms with Crippen molar-refractivity contribution < 1.29 is 10.0 Å². The van der Waals surface area contributed by atoms with E-state index in [1.165, 1.54) is 23.3 Å². The molecule has 1 heterocycles. The lowest BCUT2D eigenvalue weighted by Gasteiger charge is -2.11. The van der Waals surface area contributed by atoms with Crippen molar-refractivity contribution in [2.75, 3.05) is 0 Å². The van der Waals surface area contributed by atoms with Crippen LogP contribution in [0.1, 0.15) is 23.3 Å². The summed E-state index contributed by atoms with van der Waals surface area (Å²) < 4.78 is 0.786. The van der Waals surface area contributed by atoms with Gasteiger partial charge in [-0.15, -0.1) is 0 Å². The molecule has 0 aliphatic heterocycles. The fourth-order valence-electron chi connectivity index (χ4n) is 1.85. The lowest BCUT2D eigenvalue weighted by Crippen LogP contribution is -2.34. The van der Waals surface area contributed by atoms with Crippen LogP contribution in [0.3, 0.4) is 0 Å². The maximum Gasteiger partial charge on any atom is 0.337 e. The standard InChI is InChI=1S/C8H10B2O2S/c11-9-7-5-3-1-2-4-6(5)13-8(7)10-12/h11-12H,1-4H2. The molecule has 1 aromatic heterocycles. The van der Waals surface area contributed by atoms with Gasteiger partial charge in [-0.2, -0.15) is 11.3 Å². The van der Waals surface area contributed by atoms with Gasteiger partial charge >= 0.3 is 15.0 Å². The van der Waals surface area contributed by atoms with E-state index in [2.05, 4.69) is 0 Å². The number of hydrogen-bond donors (Lipinski definition) is 2. The number of hydrogen-bond acceptors (Lipinski definition) is 3. The Morgan fingerprint density at radius 3 is 2.54 bits per heavy atom. The van der Waals surface area contributed by atoms with Gasteiger partial charge in [-0.1, -0.05) is 0 Å². The average Bonchev–Trinajstić information content (AvgIpc) is 2.55. The first kappa shape index (κ1) is 9.31. The van der Waals surface area contributed by atoms with Crippen LogP contribution >= 0.6 is 11.3 Å². The largest absolute Gasteiger partial charge is 0.450 e. The number of thiophene rings is 1. The first-order valence-corrected chi connectivity index (χ1v) is 5.28. The third kappa shape index (κ3) is 1.56. The third-order valence-electron chi connectivity index (χ3n) is 2.49. The minimum Gasteiger partial charge on any atom is -0.450 e. The maximum atomic E-state index is 9.04. The molecule has 0 unspecified atom stereocenters. The van der Waals surface area contributed by atoms with Gasteiger partial charge in [-0.3, -0.25) is 0 Å². The zero-order valence-electron chi connectivity index (χ0n) is 7.29. The summed E-state index contributed by atoms with van der Waals surface area (Å²) in [5.41, 5.74) is 2.06. The molecule has 0 saturated heterocycles. The first-order chi connectivity index (χ1) is 6.36. The Labute approximate surface area is 83.2 Å². The highest BCUT2D eigenvalue weighted by Crippen LogP contribution is 2.22. The summed E-state index contributed by atoms with van der Waals surface area (Å²) in [6, 6.07) is 0. The summed E-state index contributed by atoms with van der Waals surface area (Å²) in [5.74, 6) is 0. The molecule has 1 aromatic rings. The van der Waals surface area contributed by atoms with Gasteiger partial charge in [0.1, 0.15) is 0 Å². The molecular formula is C8H10B2O2S. The first-order valence-electron chi connectivity index (χ1n) is 4.46. The molecule has 2 nitrogen and oxygen atoms in total. The van der Waals surface area contributed by atoms with E-state index in [9.17, 15) is 0 Å². The minimum atomic E-state index is 0.786. The Balaban J connectivity index is 2.44. The maximum absolute atomic E-state index is 9.04. The second-order valence-corrected chi connectivity index (χ2v) is 4.38. The van der Waals surface area contributed by atoms with E-state index in [0.717, 1.165) is 38.0 Å². The van der Waals surface area contributed by atoms with Crippen LogP contribution in [0, 0.1) is 0 Å². The van der Waals surface area contributed by atoms with Crippen molar-refractivity contribution in [2.24, 2.45) is 0 Å². The Hall–Kier alpha value is -0.250. The van der Waals surface area contributed by atoms with Gasteiger partial charge in [0.05, 0.1) is 0 Å². The summed E-state index contributed by atoms with van der Waals surface area (Å²) >= 11 is 1.59. The number of rotatable bonds is 2. The van der Waals surface area contributed by atoms with Crippen molar-refractivity contribution in [3.63, 3.8) is 0 Å². The molecule has 0 aromatic carbocycles. The summed E-state index contributed by atoms with van der Waals surface area (Å²) in [4.78, 5) is 1.33. The van der Waals surface area contributed by atoms with Crippen LogP contribution in [0.5, 0.6) is 0 Å². The van der Waals surface area contributed by atoms with E-state index in [1.807, 2.05) is 0 Å². The molecule has 2 rings (SSSR count). The van der Waals surface area contributed by atoms with Crippen molar-refractivity contribution in [1.82, 2.24) is 0 Å². The van der Waals surface area contributed by atoms with Gasteiger partial charge < -0.3 is 10.0 Å². The van der Waals surface area contributed by atoms with E-state index in [1.54, 1.807) is 11.3 Å².